The minimum atomic E-state index is -0.476. The van der Waals surface area contributed by atoms with Crippen molar-refractivity contribution in [1.29, 1.82) is 0 Å². The highest BCUT2D eigenvalue weighted by molar-refractivity contribution is 5.73. The van der Waals surface area contributed by atoms with E-state index < -0.39 is 5.82 Å². The zero-order chi connectivity index (χ0) is 15.1. The van der Waals surface area contributed by atoms with Crippen molar-refractivity contribution in [3.05, 3.63) is 17.9 Å². The van der Waals surface area contributed by atoms with Gasteiger partial charge in [0.15, 0.2) is 11.6 Å². The largest absolute Gasteiger partial charge is 0.488 e. The van der Waals surface area contributed by atoms with E-state index in [1.54, 1.807) is 6.07 Å². The molecule has 0 aliphatic carbocycles. The molecule has 0 heterocycles. The molecule has 0 saturated carbocycles. The predicted octanol–water partition coefficient (Wildman–Crippen LogP) is 2.26. The summed E-state index contributed by atoms with van der Waals surface area (Å²) in [5.74, 6) is -0.608. The number of nitrogens with two attached hydrogens (primary N) is 2. The Kier molecular flexibility index (Phi) is 6.09. The number of nitrogens with one attached hydrogen (secondary N) is 1. The van der Waals surface area contributed by atoms with E-state index in [0.717, 1.165) is 6.42 Å². The summed E-state index contributed by atoms with van der Waals surface area (Å²) in [6.07, 6.45) is 1.73. The summed E-state index contributed by atoms with van der Waals surface area (Å²) < 4.78 is 19.0. The highest BCUT2D eigenvalue weighted by Gasteiger charge is 2.10. The van der Waals surface area contributed by atoms with E-state index in [4.69, 9.17) is 16.2 Å². The molecule has 0 atom stereocenters. The number of carbonyl (C=O) groups is 1. The quantitative estimate of drug-likeness (QED) is 0.504. The summed E-state index contributed by atoms with van der Waals surface area (Å²) in [7, 11) is 0. The van der Waals surface area contributed by atoms with Crippen LogP contribution in [0, 0.1) is 5.82 Å². The third-order valence-electron chi connectivity index (χ3n) is 2.63. The molecule has 20 heavy (non-hydrogen) atoms. The van der Waals surface area contributed by atoms with Crippen LogP contribution >= 0.6 is 0 Å². The van der Waals surface area contributed by atoms with Gasteiger partial charge in [0.05, 0.1) is 17.5 Å². The fourth-order valence-electron chi connectivity index (χ4n) is 1.71. The van der Waals surface area contributed by atoms with E-state index in [2.05, 4.69) is 5.32 Å². The van der Waals surface area contributed by atoms with Gasteiger partial charge in [0.2, 0.25) is 5.91 Å². The summed E-state index contributed by atoms with van der Waals surface area (Å²) >= 11 is 0. The van der Waals surface area contributed by atoms with E-state index in [-0.39, 0.29) is 17.8 Å². The van der Waals surface area contributed by atoms with Gasteiger partial charge in [-0.15, -0.1) is 0 Å². The third-order valence-corrected chi connectivity index (χ3v) is 2.63. The van der Waals surface area contributed by atoms with E-state index in [1.807, 2.05) is 13.8 Å². The highest BCUT2D eigenvalue weighted by Crippen LogP contribution is 2.28. The average molecular weight is 283 g/mol. The lowest BCUT2D eigenvalue weighted by Gasteiger charge is -2.15. The Morgan fingerprint density at radius 2 is 2.10 bits per heavy atom. The highest BCUT2D eigenvalue weighted by atomic mass is 19.1. The fraction of sp³-hybridized carbons (Fsp3) is 0.500. The molecule has 1 aromatic carbocycles. The summed E-state index contributed by atoms with van der Waals surface area (Å²) in [5, 5.41) is 3.10. The molecule has 0 spiro atoms. The molecule has 112 valence electrons. The molecule has 1 amide bonds. The van der Waals surface area contributed by atoms with Gasteiger partial charge < -0.3 is 21.5 Å². The Morgan fingerprint density at radius 3 is 2.70 bits per heavy atom. The summed E-state index contributed by atoms with van der Waals surface area (Å²) in [6.45, 7) is 4.28. The number of anilines is 2. The number of unbranched alkanes of at least 4 members (excludes halogenated alkanes) is 1. The minimum absolute atomic E-state index is 0.114. The molecular formula is C14H22FN3O2. The van der Waals surface area contributed by atoms with Crippen LogP contribution in [0.1, 0.15) is 33.1 Å². The van der Waals surface area contributed by atoms with Crippen molar-refractivity contribution < 1.29 is 13.9 Å². The van der Waals surface area contributed by atoms with Gasteiger partial charge in [-0.1, -0.05) is 0 Å². The molecule has 0 bridgehead atoms. The summed E-state index contributed by atoms with van der Waals surface area (Å²) in [6, 6.07) is 2.79. The molecule has 1 rings (SSSR count). The average Bonchev–Trinajstić information content (AvgIpc) is 2.33. The zero-order valence-corrected chi connectivity index (χ0v) is 11.9. The third kappa shape index (κ3) is 5.34. The number of nitrogen functional groups attached to an aromatic ring is 1. The number of hydrogen-bond donors (Lipinski definition) is 3. The van der Waals surface area contributed by atoms with Crippen molar-refractivity contribution in [2.45, 2.75) is 39.2 Å². The number of benzene rings is 1. The molecule has 0 saturated heterocycles. The Hall–Kier alpha value is -1.98. The van der Waals surface area contributed by atoms with Gasteiger partial charge in [-0.3, -0.25) is 4.79 Å². The van der Waals surface area contributed by atoms with Gasteiger partial charge in [0.25, 0.3) is 0 Å². The zero-order valence-electron chi connectivity index (χ0n) is 11.9. The maximum Gasteiger partial charge on any atom is 0.217 e. The number of hydrogen-bond acceptors (Lipinski definition) is 4. The fourth-order valence-corrected chi connectivity index (χ4v) is 1.71. The van der Waals surface area contributed by atoms with Gasteiger partial charge in [0.1, 0.15) is 0 Å². The van der Waals surface area contributed by atoms with Crippen LogP contribution in [0.3, 0.4) is 0 Å². The SMILES string of the molecule is CC(C)Oc1cc(NCCCCC(N)=O)c(N)cc1F. The van der Waals surface area contributed by atoms with Crippen LogP contribution in [0.2, 0.25) is 0 Å². The first kappa shape index (κ1) is 16.1. The van der Waals surface area contributed by atoms with Crippen molar-refractivity contribution in [2.75, 3.05) is 17.6 Å². The van der Waals surface area contributed by atoms with Crippen molar-refractivity contribution >= 4 is 17.3 Å². The minimum Gasteiger partial charge on any atom is -0.488 e. The number of halogens is 1. The van der Waals surface area contributed by atoms with Crippen LogP contribution < -0.4 is 21.5 Å². The van der Waals surface area contributed by atoms with Crippen LogP contribution in [0.15, 0.2) is 12.1 Å². The molecule has 0 aromatic heterocycles. The van der Waals surface area contributed by atoms with E-state index in [9.17, 15) is 9.18 Å². The first-order valence-corrected chi connectivity index (χ1v) is 6.68. The lowest BCUT2D eigenvalue weighted by molar-refractivity contribution is -0.118. The number of carbonyl (C=O) groups excluding carboxylic acids is 1. The van der Waals surface area contributed by atoms with Gasteiger partial charge in [-0.2, -0.15) is 0 Å². The number of rotatable bonds is 8. The predicted molar refractivity (Wildman–Crippen MR) is 78.1 cm³/mol. The van der Waals surface area contributed by atoms with Crippen molar-refractivity contribution in [1.82, 2.24) is 0 Å². The second-order valence-corrected chi connectivity index (χ2v) is 4.89. The number of primary amides is 1. The van der Waals surface area contributed by atoms with Gasteiger partial charge in [0, 0.05) is 25.1 Å². The maximum absolute atomic E-state index is 13.6. The first-order chi connectivity index (χ1) is 9.40. The van der Waals surface area contributed by atoms with E-state index >= 15 is 0 Å². The Labute approximate surface area is 118 Å². The molecule has 5 N–H and O–H groups in total. The number of ether oxygens (including phenoxy) is 1. The Morgan fingerprint density at radius 1 is 1.40 bits per heavy atom. The monoisotopic (exact) mass is 283 g/mol. The van der Waals surface area contributed by atoms with Crippen LogP contribution in [0.25, 0.3) is 0 Å². The molecule has 0 fully saturated rings. The lowest BCUT2D eigenvalue weighted by atomic mass is 10.2. The molecule has 0 unspecified atom stereocenters. The first-order valence-electron chi connectivity index (χ1n) is 6.68. The molecule has 0 aliphatic rings. The second kappa shape index (κ2) is 7.57. The molecule has 1 aromatic rings. The van der Waals surface area contributed by atoms with Crippen molar-refractivity contribution in [2.24, 2.45) is 5.73 Å². The summed E-state index contributed by atoms with van der Waals surface area (Å²) in [5.41, 5.74) is 11.8. The molecule has 0 aliphatic heterocycles. The smallest absolute Gasteiger partial charge is 0.217 e. The molecule has 6 heteroatoms. The maximum atomic E-state index is 13.6. The molecule has 0 radical (unpaired) electrons. The van der Waals surface area contributed by atoms with Crippen LogP contribution in [0.4, 0.5) is 15.8 Å². The standard InChI is InChI=1S/C14H22FN3O2/c1-9(2)20-13-8-12(11(16)7-10(13)15)18-6-4-3-5-14(17)19/h7-9,18H,3-6,16H2,1-2H3,(H2,17,19). The van der Waals surface area contributed by atoms with Gasteiger partial charge in [-0.25, -0.2) is 4.39 Å². The van der Waals surface area contributed by atoms with Crippen LogP contribution in [-0.4, -0.2) is 18.6 Å². The Bertz CT molecular complexity index is 464. The van der Waals surface area contributed by atoms with E-state index in [1.165, 1.54) is 6.07 Å². The van der Waals surface area contributed by atoms with Crippen LogP contribution in [-0.2, 0) is 4.79 Å². The van der Waals surface area contributed by atoms with Crippen molar-refractivity contribution in [3.63, 3.8) is 0 Å². The normalized spacial score (nSPS) is 10.6. The van der Waals surface area contributed by atoms with Crippen LogP contribution in [0.5, 0.6) is 5.75 Å². The summed E-state index contributed by atoms with van der Waals surface area (Å²) in [4.78, 5) is 10.6. The molecule has 5 nitrogen and oxygen atoms in total. The van der Waals surface area contributed by atoms with Gasteiger partial charge >= 0.3 is 0 Å². The number of amides is 1. The topological polar surface area (TPSA) is 90.4 Å². The lowest BCUT2D eigenvalue weighted by Crippen LogP contribution is -2.12. The van der Waals surface area contributed by atoms with Crippen molar-refractivity contribution in [3.8, 4) is 5.75 Å². The second-order valence-electron chi connectivity index (χ2n) is 4.89. The van der Waals surface area contributed by atoms with Gasteiger partial charge in [-0.05, 0) is 26.7 Å². The van der Waals surface area contributed by atoms with E-state index in [0.29, 0.717) is 30.8 Å². The molecular weight excluding hydrogens is 261 g/mol. The Balaban J connectivity index is 2.58.